The van der Waals surface area contributed by atoms with E-state index in [1.54, 1.807) is 11.3 Å². The molecule has 3 heterocycles. The number of fused-ring (bicyclic) bond motifs is 1. The van der Waals surface area contributed by atoms with Gasteiger partial charge in [0, 0.05) is 17.5 Å². The van der Waals surface area contributed by atoms with Crippen LogP contribution in [-0.4, -0.2) is 26.5 Å². The second-order valence-corrected chi connectivity index (χ2v) is 5.02. The maximum Gasteiger partial charge on any atom is 0.178 e. The van der Waals surface area contributed by atoms with Gasteiger partial charge in [0.2, 0.25) is 0 Å². The maximum absolute atomic E-state index is 5.52. The van der Waals surface area contributed by atoms with Crippen LogP contribution in [0, 0.1) is 6.92 Å². The first-order chi connectivity index (χ1) is 8.76. The highest BCUT2D eigenvalue weighted by Crippen LogP contribution is 2.21. The Morgan fingerprint density at radius 3 is 3.00 bits per heavy atom. The predicted molar refractivity (Wildman–Crippen MR) is 72.5 cm³/mol. The SMILES string of the molecule is Cc1ccc2[nH]c(-c3csc(CCN)n3)nc2n1. The highest BCUT2D eigenvalue weighted by atomic mass is 32.1. The van der Waals surface area contributed by atoms with Crippen molar-refractivity contribution in [3.05, 3.63) is 28.2 Å². The summed E-state index contributed by atoms with van der Waals surface area (Å²) in [5.41, 5.74) is 9.01. The smallest absolute Gasteiger partial charge is 0.178 e. The molecular formula is C12H13N5S. The van der Waals surface area contributed by atoms with Crippen LogP contribution in [0.5, 0.6) is 0 Å². The number of nitrogens with one attached hydrogen (secondary N) is 1. The minimum Gasteiger partial charge on any atom is -0.335 e. The molecule has 0 aliphatic heterocycles. The Hall–Kier alpha value is -1.79. The van der Waals surface area contributed by atoms with Crippen molar-refractivity contribution in [1.82, 2.24) is 19.9 Å². The molecule has 0 saturated carbocycles. The van der Waals surface area contributed by atoms with Gasteiger partial charge in [0.1, 0.15) is 5.69 Å². The Balaban J connectivity index is 2.02. The third kappa shape index (κ3) is 2.00. The fraction of sp³-hybridized carbons (Fsp3) is 0.250. The van der Waals surface area contributed by atoms with Crippen molar-refractivity contribution in [1.29, 1.82) is 0 Å². The minimum atomic E-state index is 0.619. The van der Waals surface area contributed by atoms with Crippen LogP contribution >= 0.6 is 11.3 Å². The van der Waals surface area contributed by atoms with Crippen molar-refractivity contribution in [3.8, 4) is 11.5 Å². The third-order valence-electron chi connectivity index (χ3n) is 2.64. The van der Waals surface area contributed by atoms with E-state index in [-0.39, 0.29) is 0 Å². The zero-order valence-electron chi connectivity index (χ0n) is 9.97. The zero-order valence-corrected chi connectivity index (χ0v) is 10.8. The molecule has 0 aliphatic carbocycles. The Bertz CT molecular complexity index is 685. The van der Waals surface area contributed by atoms with E-state index >= 15 is 0 Å². The Labute approximate surface area is 108 Å². The second kappa shape index (κ2) is 4.47. The summed E-state index contributed by atoms with van der Waals surface area (Å²) in [5.74, 6) is 0.766. The van der Waals surface area contributed by atoms with E-state index in [0.29, 0.717) is 6.54 Å². The molecule has 0 spiro atoms. The Morgan fingerprint density at radius 2 is 2.17 bits per heavy atom. The summed E-state index contributed by atoms with van der Waals surface area (Å²) in [5, 5.41) is 3.03. The summed E-state index contributed by atoms with van der Waals surface area (Å²) in [6.07, 6.45) is 0.808. The minimum absolute atomic E-state index is 0.619. The fourth-order valence-corrected chi connectivity index (χ4v) is 2.57. The summed E-state index contributed by atoms with van der Waals surface area (Å²) in [4.78, 5) is 16.6. The van der Waals surface area contributed by atoms with Gasteiger partial charge in [-0.3, -0.25) is 0 Å². The van der Waals surface area contributed by atoms with Crippen molar-refractivity contribution >= 4 is 22.5 Å². The van der Waals surface area contributed by atoms with Gasteiger partial charge in [-0.15, -0.1) is 11.3 Å². The van der Waals surface area contributed by atoms with Gasteiger partial charge < -0.3 is 10.7 Å². The average Bonchev–Trinajstić information content (AvgIpc) is 2.94. The molecule has 0 bridgehead atoms. The zero-order chi connectivity index (χ0) is 12.5. The first kappa shape index (κ1) is 11.3. The molecular weight excluding hydrogens is 246 g/mol. The standard InChI is InChI=1S/C12H13N5S/c1-7-2-3-8-11(14-7)17-12(16-8)9-6-18-10(15-9)4-5-13/h2-3,6H,4-5,13H2,1H3,(H,14,16,17). The topological polar surface area (TPSA) is 80.5 Å². The number of aromatic amines is 1. The molecule has 3 N–H and O–H groups in total. The lowest BCUT2D eigenvalue weighted by molar-refractivity contribution is 0.953. The van der Waals surface area contributed by atoms with Crippen molar-refractivity contribution < 1.29 is 0 Å². The molecule has 0 aliphatic rings. The average molecular weight is 259 g/mol. The molecule has 0 aromatic carbocycles. The predicted octanol–water partition coefficient (Wildman–Crippen LogP) is 1.89. The Morgan fingerprint density at radius 1 is 1.28 bits per heavy atom. The van der Waals surface area contributed by atoms with E-state index in [9.17, 15) is 0 Å². The summed E-state index contributed by atoms with van der Waals surface area (Å²) in [7, 11) is 0. The number of nitrogens with zero attached hydrogens (tertiary/aromatic N) is 3. The molecule has 0 atom stereocenters. The first-order valence-corrected chi connectivity index (χ1v) is 6.62. The van der Waals surface area contributed by atoms with Crippen LogP contribution in [0.25, 0.3) is 22.7 Å². The van der Waals surface area contributed by atoms with Gasteiger partial charge >= 0.3 is 0 Å². The number of imidazole rings is 1. The van der Waals surface area contributed by atoms with Crippen molar-refractivity contribution in [2.24, 2.45) is 5.73 Å². The van der Waals surface area contributed by atoms with Gasteiger partial charge in [-0.05, 0) is 25.6 Å². The van der Waals surface area contributed by atoms with Gasteiger partial charge in [-0.2, -0.15) is 0 Å². The lowest BCUT2D eigenvalue weighted by Crippen LogP contribution is -2.02. The second-order valence-electron chi connectivity index (χ2n) is 4.07. The molecule has 18 heavy (non-hydrogen) atoms. The normalized spacial score (nSPS) is 11.2. The molecule has 92 valence electrons. The molecule has 0 radical (unpaired) electrons. The van der Waals surface area contributed by atoms with Crippen molar-refractivity contribution in [3.63, 3.8) is 0 Å². The summed E-state index contributed by atoms with van der Waals surface area (Å²) in [6.45, 7) is 2.57. The van der Waals surface area contributed by atoms with E-state index in [1.807, 2.05) is 24.4 Å². The monoisotopic (exact) mass is 259 g/mol. The largest absolute Gasteiger partial charge is 0.335 e. The number of rotatable bonds is 3. The van der Waals surface area contributed by atoms with Crippen LogP contribution in [0.3, 0.4) is 0 Å². The number of nitrogens with two attached hydrogens (primary N) is 1. The van der Waals surface area contributed by atoms with Crippen LogP contribution in [0.4, 0.5) is 0 Å². The van der Waals surface area contributed by atoms with Crippen LogP contribution in [0.15, 0.2) is 17.5 Å². The quantitative estimate of drug-likeness (QED) is 0.752. The van der Waals surface area contributed by atoms with Gasteiger partial charge in [0.25, 0.3) is 0 Å². The van der Waals surface area contributed by atoms with Gasteiger partial charge in [-0.1, -0.05) is 0 Å². The Kier molecular flexibility index (Phi) is 2.81. The molecule has 0 amide bonds. The van der Waals surface area contributed by atoms with Crippen molar-refractivity contribution in [2.75, 3.05) is 6.54 Å². The molecule has 0 saturated heterocycles. The molecule has 5 nitrogen and oxygen atoms in total. The van der Waals surface area contributed by atoms with Gasteiger partial charge in [0.15, 0.2) is 11.5 Å². The summed E-state index contributed by atoms with van der Waals surface area (Å²) >= 11 is 1.61. The summed E-state index contributed by atoms with van der Waals surface area (Å²) < 4.78 is 0. The third-order valence-corrected chi connectivity index (χ3v) is 3.55. The number of thiazole rings is 1. The number of H-pyrrole nitrogens is 1. The van der Waals surface area contributed by atoms with Crippen LogP contribution in [0.2, 0.25) is 0 Å². The fourth-order valence-electron chi connectivity index (χ4n) is 1.77. The van der Waals surface area contributed by atoms with Crippen LogP contribution < -0.4 is 5.73 Å². The van der Waals surface area contributed by atoms with E-state index in [4.69, 9.17) is 5.73 Å². The summed E-state index contributed by atoms with van der Waals surface area (Å²) in [6, 6.07) is 3.95. The molecule has 0 fully saturated rings. The number of aryl methyl sites for hydroxylation is 1. The molecule has 0 unspecified atom stereocenters. The number of aromatic nitrogens is 4. The van der Waals surface area contributed by atoms with Gasteiger partial charge in [-0.25, -0.2) is 15.0 Å². The van der Waals surface area contributed by atoms with Crippen LogP contribution in [0.1, 0.15) is 10.7 Å². The van der Waals surface area contributed by atoms with E-state index < -0.39 is 0 Å². The lowest BCUT2D eigenvalue weighted by Gasteiger charge is -1.89. The molecule has 3 aromatic rings. The lowest BCUT2D eigenvalue weighted by atomic mass is 10.3. The molecule has 3 aromatic heterocycles. The van der Waals surface area contributed by atoms with Crippen LogP contribution in [-0.2, 0) is 6.42 Å². The van der Waals surface area contributed by atoms with E-state index in [1.165, 1.54) is 0 Å². The number of hydrogen-bond donors (Lipinski definition) is 2. The van der Waals surface area contributed by atoms with E-state index in [2.05, 4.69) is 19.9 Å². The molecule has 6 heteroatoms. The van der Waals surface area contributed by atoms with E-state index in [0.717, 1.165) is 39.8 Å². The first-order valence-electron chi connectivity index (χ1n) is 5.74. The van der Waals surface area contributed by atoms with Crippen molar-refractivity contribution in [2.45, 2.75) is 13.3 Å². The molecule has 3 rings (SSSR count). The maximum atomic E-state index is 5.52. The van der Waals surface area contributed by atoms with Gasteiger partial charge in [0.05, 0.1) is 10.5 Å². The highest BCUT2D eigenvalue weighted by molar-refractivity contribution is 7.09. The highest BCUT2D eigenvalue weighted by Gasteiger charge is 2.09. The number of hydrogen-bond acceptors (Lipinski definition) is 5. The number of pyridine rings is 1.